The van der Waals surface area contributed by atoms with Crippen LogP contribution >= 0.6 is 23.5 Å². The monoisotopic (exact) mass is 346 g/mol. The molecule has 6 heteroatoms. The van der Waals surface area contributed by atoms with Crippen LogP contribution in [-0.2, 0) is 21.1 Å². The van der Waals surface area contributed by atoms with Crippen molar-refractivity contribution in [3.8, 4) is 0 Å². The minimum Gasteiger partial charge on any atom is -0.367 e. The Morgan fingerprint density at radius 3 is 1.39 bits per heavy atom. The van der Waals surface area contributed by atoms with Crippen molar-refractivity contribution in [2.45, 2.75) is 15.6 Å². The molecular formula is C17H18N2O2S2. The number of carbonyl (C=O) groups is 2. The number of primary amides is 2. The normalized spacial score (nSPS) is 11.1. The van der Waals surface area contributed by atoms with E-state index in [4.69, 9.17) is 11.5 Å². The molecule has 4 nitrogen and oxygen atoms in total. The lowest BCUT2D eigenvalue weighted by Crippen LogP contribution is -2.49. The van der Waals surface area contributed by atoms with Crippen LogP contribution in [0.3, 0.4) is 0 Å². The average Bonchev–Trinajstić information content (AvgIpc) is 2.56. The molecule has 0 radical (unpaired) electrons. The number of carbonyl (C=O) groups excluding carboxylic acids is 2. The van der Waals surface area contributed by atoms with Gasteiger partial charge < -0.3 is 11.5 Å². The van der Waals surface area contributed by atoms with Gasteiger partial charge in [0, 0.05) is 11.5 Å². The average molecular weight is 346 g/mol. The van der Waals surface area contributed by atoms with Gasteiger partial charge in [-0.2, -0.15) is 0 Å². The van der Waals surface area contributed by atoms with Crippen molar-refractivity contribution in [2.24, 2.45) is 11.5 Å². The lowest BCUT2D eigenvalue weighted by molar-refractivity contribution is -0.126. The zero-order chi connectivity index (χ0) is 16.7. The number of hydrogen-bond acceptors (Lipinski definition) is 4. The summed E-state index contributed by atoms with van der Waals surface area (Å²) in [7, 11) is 0. The van der Waals surface area contributed by atoms with E-state index in [-0.39, 0.29) is 0 Å². The van der Waals surface area contributed by atoms with Crippen LogP contribution in [0.5, 0.6) is 0 Å². The van der Waals surface area contributed by atoms with Gasteiger partial charge in [-0.1, -0.05) is 60.7 Å². The van der Waals surface area contributed by atoms with Crippen LogP contribution < -0.4 is 11.5 Å². The Bertz CT molecular complexity index is 603. The van der Waals surface area contributed by atoms with E-state index in [0.29, 0.717) is 11.5 Å². The maximum Gasteiger partial charge on any atom is 0.253 e. The zero-order valence-corrected chi connectivity index (χ0v) is 14.1. The quantitative estimate of drug-likeness (QED) is 0.568. The van der Waals surface area contributed by atoms with Crippen LogP contribution in [0, 0.1) is 0 Å². The second-order valence-corrected chi connectivity index (χ2v) is 7.53. The van der Waals surface area contributed by atoms with Crippen LogP contribution in [0.1, 0.15) is 11.1 Å². The number of hydrogen-bond donors (Lipinski definition) is 2. The minimum atomic E-state index is -1.48. The molecule has 0 atom stereocenters. The summed E-state index contributed by atoms with van der Waals surface area (Å²) in [6.07, 6.45) is 0. The Kier molecular flexibility index (Phi) is 6.12. The molecule has 0 aliphatic heterocycles. The van der Waals surface area contributed by atoms with Gasteiger partial charge in [0.1, 0.15) is 0 Å². The van der Waals surface area contributed by atoms with Crippen molar-refractivity contribution in [1.82, 2.24) is 0 Å². The van der Waals surface area contributed by atoms with E-state index in [1.165, 1.54) is 23.5 Å². The molecule has 0 fully saturated rings. The third-order valence-corrected chi connectivity index (χ3v) is 6.50. The van der Waals surface area contributed by atoms with Gasteiger partial charge in [0.2, 0.25) is 4.08 Å². The summed E-state index contributed by atoms with van der Waals surface area (Å²) < 4.78 is -1.48. The zero-order valence-electron chi connectivity index (χ0n) is 12.5. The number of thioether (sulfide) groups is 2. The highest BCUT2D eigenvalue weighted by Gasteiger charge is 2.44. The van der Waals surface area contributed by atoms with Crippen molar-refractivity contribution >= 4 is 35.3 Å². The molecule has 0 spiro atoms. The minimum absolute atomic E-state index is 0.481. The molecule has 120 valence electrons. The Balaban J connectivity index is 2.14. The Hall–Kier alpha value is -1.92. The van der Waals surface area contributed by atoms with E-state index in [2.05, 4.69) is 0 Å². The largest absolute Gasteiger partial charge is 0.367 e. The molecule has 0 aliphatic carbocycles. The van der Waals surface area contributed by atoms with E-state index in [1.807, 2.05) is 60.7 Å². The molecule has 2 amide bonds. The summed E-state index contributed by atoms with van der Waals surface area (Å²) in [5.74, 6) is -0.470. The van der Waals surface area contributed by atoms with E-state index < -0.39 is 15.9 Å². The van der Waals surface area contributed by atoms with Gasteiger partial charge >= 0.3 is 0 Å². The highest BCUT2D eigenvalue weighted by atomic mass is 32.2. The van der Waals surface area contributed by atoms with E-state index >= 15 is 0 Å². The van der Waals surface area contributed by atoms with Gasteiger partial charge in [-0.15, -0.1) is 23.5 Å². The molecule has 23 heavy (non-hydrogen) atoms. The smallest absolute Gasteiger partial charge is 0.253 e. The first-order valence-electron chi connectivity index (χ1n) is 7.00. The van der Waals surface area contributed by atoms with Crippen molar-refractivity contribution in [3.63, 3.8) is 0 Å². The van der Waals surface area contributed by atoms with Crippen LogP contribution in [0.2, 0.25) is 0 Å². The molecule has 0 saturated heterocycles. The number of amides is 2. The molecule has 0 bridgehead atoms. The maximum atomic E-state index is 12.0. The molecule has 0 heterocycles. The third-order valence-electron chi connectivity index (χ3n) is 3.22. The lowest BCUT2D eigenvalue weighted by atomic mass is 10.2. The molecule has 0 unspecified atom stereocenters. The number of benzene rings is 2. The first kappa shape index (κ1) is 17.4. The van der Waals surface area contributed by atoms with Crippen LogP contribution in [0.25, 0.3) is 0 Å². The van der Waals surface area contributed by atoms with Crippen molar-refractivity contribution in [3.05, 3.63) is 71.8 Å². The molecule has 4 N–H and O–H groups in total. The summed E-state index contributed by atoms with van der Waals surface area (Å²) in [6.45, 7) is 0. The molecule has 2 rings (SSSR count). The van der Waals surface area contributed by atoms with Gasteiger partial charge in [-0.3, -0.25) is 9.59 Å². The van der Waals surface area contributed by atoms with E-state index in [0.717, 1.165) is 11.1 Å². The van der Waals surface area contributed by atoms with Crippen LogP contribution in [-0.4, -0.2) is 15.9 Å². The SMILES string of the molecule is NC(=O)C(SCc1ccccc1)(SCc1ccccc1)C(N)=O. The molecule has 0 aromatic heterocycles. The van der Waals surface area contributed by atoms with Gasteiger partial charge in [-0.05, 0) is 11.1 Å². The molecule has 2 aromatic carbocycles. The summed E-state index contributed by atoms with van der Waals surface area (Å²) in [4.78, 5) is 24.0. The second kappa shape index (κ2) is 8.08. The summed E-state index contributed by atoms with van der Waals surface area (Å²) in [5.41, 5.74) is 13.0. The maximum absolute atomic E-state index is 12.0. The molecular weight excluding hydrogens is 328 g/mol. The van der Waals surface area contributed by atoms with Gasteiger partial charge in [0.15, 0.2) is 0 Å². The standard InChI is InChI=1S/C17H18N2O2S2/c18-15(20)17(16(19)21,22-11-13-7-3-1-4-8-13)23-12-14-9-5-2-6-10-14/h1-10H,11-12H2,(H2,18,20)(H2,19,21). The van der Waals surface area contributed by atoms with Crippen LogP contribution in [0.4, 0.5) is 0 Å². The summed E-state index contributed by atoms with van der Waals surface area (Å²) >= 11 is 2.34. The highest BCUT2D eigenvalue weighted by molar-refractivity contribution is 8.19. The summed E-state index contributed by atoms with van der Waals surface area (Å²) in [5, 5.41) is 0. The molecule has 2 aromatic rings. The Labute approximate surface area is 144 Å². The second-order valence-electron chi connectivity index (χ2n) is 4.89. The Morgan fingerprint density at radius 2 is 1.09 bits per heavy atom. The van der Waals surface area contributed by atoms with E-state index in [9.17, 15) is 9.59 Å². The van der Waals surface area contributed by atoms with E-state index in [1.54, 1.807) is 0 Å². The Morgan fingerprint density at radius 1 is 0.739 bits per heavy atom. The van der Waals surface area contributed by atoms with Gasteiger partial charge in [0.25, 0.3) is 11.8 Å². The van der Waals surface area contributed by atoms with Crippen LogP contribution in [0.15, 0.2) is 60.7 Å². The fraction of sp³-hybridized carbons (Fsp3) is 0.176. The fourth-order valence-electron chi connectivity index (χ4n) is 1.97. The topological polar surface area (TPSA) is 86.2 Å². The van der Waals surface area contributed by atoms with Gasteiger partial charge in [0.05, 0.1) is 0 Å². The first-order valence-corrected chi connectivity index (χ1v) is 8.97. The van der Waals surface area contributed by atoms with Crippen molar-refractivity contribution in [1.29, 1.82) is 0 Å². The summed E-state index contributed by atoms with van der Waals surface area (Å²) in [6, 6.07) is 19.2. The highest BCUT2D eigenvalue weighted by Crippen LogP contribution is 2.40. The third kappa shape index (κ3) is 4.53. The molecule has 0 aliphatic rings. The predicted molar refractivity (Wildman–Crippen MR) is 96.6 cm³/mol. The number of nitrogens with two attached hydrogens (primary N) is 2. The van der Waals surface area contributed by atoms with Crippen molar-refractivity contribution < 1.29 is 9.59 Å². The van der Waals surface area contributed by atoms with Gasteiger partial charge in [-0.25, -0.2) is 0 Å². The fourth-order valence-corrected chi connectivity index (χ4v) is 4.35. The lowest BCUT2D eigenvalue weighted by Gasteiger charge is -2.26. The first-order chi connectivity index (χ1) is 11.0. The predicted octanol–water partition coefficient (Wildman–Crippen LogP) is 2.52. The molecule has 0 saturated carbocycles. The van der Waals surface area contributed by atoms with Crippen molar-refractivity contribution in [2.75, 3.05) is 0 Å². The number of rotatable bonds is 8.